The average molecular weight is 270 g/mol. The van der Waals surface area contributed by atoms with Crippen molar-refractivity contribution in [3.05, 3.63) is 30.1 Å². The standard InChI is InChI=1S/C13H15FO3S/c1-9(15)17-11-6-7-16-12(11)8-18-13-5-3-2-4-10(13)14/h2-5,11-12H,6-8H2,1H3. The summed E-state index contributed by atoms with van der Waals surface area (Å²) in [6, 6.07) is 6.62. The van der Waals surface area contributed by atoms with Crippen molar-refractivity contribution in [2.24, 2.45) is 0 Å². The third kappa shape index (κ3) is 3.46. The summed E-state index contributed by atoms with van der Waals surface area (Å²) in [5, 5.41) is 0. The molecule has 0 saturated carbocycles. The highest BCUT2D eigenvalue weighted by Crippen LogP contribution is 2.27. The Kier molecular flexibility index (Phi) is 4.60. The van der Waals surface area contributed by atoms with Crippen LogP contribution in [0.4, 0.5) is 4.39 Å². The van der Waals surface area contributed by atoms with Crippen LogP contribution >= 0.6 is 11.8 Å². The summed E-state index contributed by atoms with van der Waals surface area (Å²) < 4.78 is 24.1. The Bertz CT molecular complexity index is 424. The van der Waals surface area contributed by atoms with E-state index in [1.165, 1.54) is 24.8 Å². The zero-order chi connectivity index (χ0) is 13.0. The summed E-state index contributed by atoms with van der Waals surface area (Å²) in [6.07, 6.45) is 0.350. The molecule has 0 spiro atoms. The number of thioether (sulfide) groups is 1. The van der Waals surface area contributed by atoms with Crippen molar-refractivity contribution in [1.29, 1.82) is 0 Å². The summed E-state index contributed by atoms with van der Waals surface area (Å²) in [4.78, 5) is 11.5. The van der Waals surface area contributed by atoms with Crippen LogP contribution in [0.2, 0.25) is 0 Å². The number of hydrogen-bond acceptors (Lipinski definition) is 4. The maximum absolute atomic E-state index is 13.4. The van der Waals surface area contributed by atoms with E-state index in [0.29, 0.717) is 23.7 Å². The van der Waals surface area contributed by atoms with Crippen LogP contribution in [0, 0.1) is 5.82 Å². The first-order valence-electron chi connectivity index (χ1n) is 5.83. The number of rotatable bonds is 4. The molecule has 18 heavy (non-hydrogen) atoms. The fourth-order valence-electron chi connectivity index (χ4n) is 1.87. The molecule has 1 aliphatic heterocycles. The van der Waals surface area contributed by atoms with Gasteiger partial charge < -0.3 is 9.47 Å². The normalized spacial score (nSPS) is 23.0. The highest BCUT2D eigenvalue weighted by molar-refractivity contribution is 7.99. The van der Waals surface area contributed by atoms with E-state index in [1.54, 1.807) is 18.2 Å². The van der Waals surface area contributed by atoms with Crippen LogP contribution in [-0.4, -0.2) is 30.5 Å². The topological polar surface area (TPSA) is 35.5 Å². The van der Waals surface area contributed by atoms with E-state index >= 15 is 0 Å². The van der Waals surface area contributed by atoms with E-state index in [1.807, 2.05) is 0 Å². The van der Waals surface area contributed by atoms with Gasteiger partial charge in [0.2, 0.25) is 0 Å². The molecule has 2 atom stereocenters. The second-order valence-electron chi connectivity index (χ2n) is 4.09. The Hall–Kier alpha value is -1.07. The lowest BCUT2D eigenvalue weighted by Crippen LogP contribution is -2.28. The predicted octanol–water partition coefficient (Wildman–Crippen LogP) is 2.64. The van der Waals surface area contributed by atoms with Crippen molar-refractivity contribution in [3.63, 3.8) is 0 Å². The van der Waals surface area contributed by atoms with Gasteiger partial charge in [0.1, 0.15) is 18.0 Å². The molecule has 1 aliphatic rings. The third-order valence-electron chi connectivity index (χ3n) is 2.71. The first-order chi connectivity index (χ1) is 8.66. The molecule has 5 heteroatoms. The van der Waals surface area contributed by atoms with Gasteiger partial charge >= 0.3 is 5.97 Å². The Morgan fingerprint density at radius 1 is 1.56 bits per heavy atom. The van der Waals surface area contributed by atoms with Crippen molar-refractivity contribution < 1.29 is 18.7 Å². The van der Waals surface area contributed by atoms with Gasteiger partial charge in [-0.1, -0.05) is 12.1 Å². The molecular formula is C13H15FO3S. The van der Waals surface area contributed by atoms with E-state index in [4.69, 9.17) is 9.47 Å². The highest BCUT2D eigenvalue weighted by atomic mass is 32.2. The zero-order valence-corrected chi connectivity index (χ0v) is 10.9. The van der Waals surface area contributed by atoms with E-state index < -0.39 is 0 Å². The minimum Gasteiger partial charge on any atom is -0.460 e. The summed E-state index contributed by atoms with van der Waals surface area (Å²) in [6.45, 7) is 1.97. The molecule has 98 valence electrons. The quantitative estimate of drug-likeness (QED) is 0.622. The molecule has 0 aliphatic carbocycles. The van der Waals surface area contributed by atoms with Gasteiger partial charge in [0.25, 0.3) is 0 Å². The number of halogens is 1. The second-order valence-corrected chi connectivity index (χ2v) is 5.15. The molecule has 1 fully saturated rings. The molecule has 0 aromatic heterocycles. The van der Waals surface area contributed by atoms with Gasteiger partial charge in [0, 0.05) is 24.0 Å². The van der Waals surface area contributed by atoms with Gasteiger partial charge in [0.15, 0.2) is 0 Å². The van der Waals surface area contributed by atoms with Crippen LogP contribution in [0.1, 0.15) is 13.3 Å². The van der Waals surface area contributed by atoms with Gasteiger partial charge in [-0.15, -0.1) is 11.8 Å². The molecule has 2 unspecified atom stereocenters. The maximum atomic E-state index is 13.4. The van der Waals surface area contributed by atoms with Crippen molar-refractivity contribution in [1.82, 2.24) is 0 Å². The van der Waals surface area contributed by atoms with Crippen molar-refractivity contribution in [2.45, 2.75) is 30.4 Å². The Morgan fingerprint density at radius 3 is 3.06 bits per heavy atom. The van der Waals surface area contributed by atoms with Crippen LogP contribution in [0.25, 0.3) is 0 Å². The average Bonchev–Trinajstić information content (AvgIpc) is 2.75. The molecule has 1 heterocycles. The SMILES string of the molecule is CC(=O)OC1CCOC1CSc1ccccc1F. The maximum Gasteiger partial charge on any atom is 0.302 e. The molecule has 2 rings (SSSR count). The van der Waals surface area contributed by atoms with E-state index in [-0.39, 0.29) is 24.0 Å². The zero-order valence-electron chi connectivity index (χ0n) is 10.1. The highest BCUT2D eigenvalue weighted by Gasteiger charge is 2.30. The number of benzene rings is 1. The van der Waals surface area contributed by atoms with Gasteiger partial charge in [-0.3, -0.25) is 4.79 Å². The number of ether oxygens (including phenoxy) is 2. The molecule has 0 N–H and O–H groups in total. The fraction of sp³-hybridized carbons (Fsp3) is 0.462. The van der Waals surface area contributed by atoms with Crippen molar-refractivity contribution in [3.8, 4) is 0 Å². The molecular weight excluding hydrogens is 255 g/mol. The van der Waals surface area contributed by atoms with Gasteiger partial charge in [-0.2, -0.15) is 0 Å². The summed E-state index contributed by atoms with van der Waals surface area (Å²) in [7, 11) is 0. The van der Waals surface area contributed by atoms with Crippen LogP contribution in [0.15, 0.2) is 29.2 Å². The Labute approximate surface area is 110 Å². The van der Waals surface area contributed by atoms with Crippen LogP contribution < -0.4 is 0 Å². The molecule has 3 nitrogen and oxygen atoms in total. The lowest BCUT2D eigenvalue weighted by molar-refractivity contribution is -0.148. The fourth-order valence-corrected chi connectivity index (χ4v) is 2.90. The molecule has 1 saturated heterocycles. The van der Waals surface area contributed by atoms with Gasteiger partial charge in [0.05, 0.1) is 6.61 Å². The molecule has 0 radical (unpaired) electrons. The van der Waals surface area contributed by atoms with Gasteiger partial charge in [-0.05, 0) is 12.1 Å². The lowest BCUT2D eigenvalue weighted by Gasteiger charge is -2.17. The molecule has 0 bridgehead atoms. The van der Waals surface area contributed by atoms with E-state index in [0.717, 1.165) is 0 Å². The predicted molar refractivity (Wildman–Crippen MR) is 67.0 cm³/mol. The van der Waals surface area contributed by atoms with Crippen molar-refractivity contribution >= 4 is 17.7 Å². The summed E-state index contributed by atoms with van der Waals surface area (Å²) in [5.74, 6) is 0.0507. The molecule has 1 aromatic carbocycles. The Balaban J connectivity index is 1.89. The van der Waals surface area contributed by atoms with Crippen LogP contribution in [0.5, 0.6) is 0 Å². The Morgan fingerprint density at radius 2 is 2.33 bits per heavy atom. The largest absolute Gasteiger partial charge is 0.460 e. The lowest BCUT2D eigenvalue weighted by atomic mass is 10.2. The second kappa shape index (κ2) is 6.20. The smallest absolute Gasteiger partial charge is 0.302 e. The van der Waals surface area contributed by atoms with E-state index in [2.05, 4.69) is 0 Å². The number of hydrogen-bond donors (Lipinski definition) is 0. The number of esters is 1. The molecule has 1 aromatic rings. The van der Waals surface area contributed by atoms with Crippen LogP contribution in [0.3, 0.4) is 0 Å². The first kappa shape index (κ1) is 13.4. The monoisotopic (exact) mass is 270 g/mol. The van der Waals surface area contributed by atoms with Gasteiger partial charge in [-0.25, -0.2) is 4.39 Å². The van der Waals surface area contributed by atoms with E-state index in [9.17, 15) is 9.18 Å². The first-order valence-corrected chi connectivity index (χ1v) is 6.81. The summed E-state index contributed by atoms with van der Waals surface area (Å²) >= 11 is 1.38. The molecule has 0 amide bonds. The number of carbonyl (C=O) groups excluding carboxylic acids is 1. The third-order valence-corrected chi connectivity index (χ3v) is 3.84. The van der Waals surface area contributed by atoms with Crippen LogP contribution in [-0.2, 0) is 14.3 Å². The minimum absolute atomic E-state index is 0.154. The van der Waals surface area contributed by atoms with Crippen molar-refractivity contribution in [2.75, 3.05) is 12.4 Å². The number of carbonyl (C=O) groups is 1. The minimum atomic E-state index is -0.300. The summed E-state index contributed by atoms with van der Waals surface area (Å²) in [5.41, 5.74) is 0.